The molecule has 20 heavy (non-hydrogen) atoms. The van der Waals surface area contributed by atoms with Crippen LogP contribution in [0.2, 0.25) is 0 Å². The van der Waals surface area contributed by atoms with E-state index in [9.17, 15) is 14.9 Å². The quantitative estimate of drug-likeness (QED) is 0.359. The number of hydrogen-bond acceptors (Lipinski definition) is 5. The summed E-state index contributed by atoms with van der Waals surface area (Å²) in [6.45, 7) is 3.07. The van der Waals surface area contributed by atoms with E-state index in [0.29, 0.717) is 25.2 Å². The second kappa shape index (κ2) is 8.23. The smallest absolute Gasteiger partial charge is 0.273 e. The Morgan fingerprint density at radius 1 is 1.40 bits per heavy atom. The van der Waals surface area contributed by atoms with Gasteiger partial charge in [0.25, 0.3) is 5.69 Å². The van der Waals surface area contributed by atoms with Gasteiger partial charge in [-0.05, 0) is 6.92 Å². The zero-order chi connectivity index (χ0) is 15.0. The van der Waals surface area contributed by atoms with Crippen molar-refractivity contribution in [2.45, 2.75) is 19.4 Å². The predicted octanol–water partition coefficient (Wildman–Crippen LogP) is 0.224. The van der Waals surface area contributed by atoms with Crippen LogP contribution in [0, 0.1) is 10.1 Å². The summed E-state index contributed by atoms with van der Waals surface area (Å²) < 4.78 is 0. The number of benzene rings is 1. The van der Waals surface area contributed by atoms with Crippen molar-refractivity contribution in [3.63, 3.8) is 0 Å². The Morgan fingerprint density at radius 2 is 2.10 bits per heavy atom. The molecule has 1 rings (SSSR count). The highest BCUT2D eigenvalue weighted by atomic mass is 16.6. The van der Waals surface area contributed by atoms with E-state index < -0.39 is 11.0 Å². The molecule has 0 aliphatic heterocycles. The van der Waals surface area contributed by atoms with Crippen LogP contribution in [0.3, 0.4) is 0 Å². The fourth-order valence-corrected chi connectivity index (χ4v) is 1.68. The summed E-state index contributed by atoms with van der Waals surface area (Å²) in [6, 6.07) is 6.19. The molecule has 0 heterocycles. The van der Waals surface area contributed by atoms with Crippen LogP contribution < -0.4 is 10.6 Å². The van der Waals surface area contributed by atoms with Crippen LogP contribution in [0.5, 0.6) is 0 Å². The molecule has 1 aromatic carbocycles. The number of hydrogen-bond donors (Lipinski definition) is 3. The number of carbonyl (C=O) groups is 1. The topological polar surface area (TPSA) is 104 Å². The van der Waals surface area contributed by atoms with Gasteiger partial charge in [0.1, 0.15) is 0 Å². The molecule has 0 saturated carbocycles. The van der Waals surface area contributed by atoms with Gasteiger partial charge >= 0.3 is 0 Å². The summed E-state index contributed by atoms with van der Waals surface area (Å²) in [5, 5.41) is 25.5. The molecule has 110 valence electrons. The molecule has 0 saturated heterocycles. The summed E-state index contributed by atoms with van der Waals surface area (Å²) in [5.74, 6) is -0.266. The molecule has 7 heteroatoms. The van der Waals surface area contributed by atoms with Gasteiger partial charge < -0.3 is 15.7 Å². The van der Waals surface area contributed by atoms with E-state index in [0.717, 1.165) is 0 Å². The van der Waals surface area contributed by atoms with Gasteiger partial charge in [-0.15, -0.1) is 0 Å². The molecule has 0 aliphatic rings. The van der Waals surface area contributed by atoms with Crippen LogP contribution >= 0.6 is 0 Å². The average molecular weight is 281 g/mol. The zero-order valence-electron chi connectivity index (χ0n) is 11.3. The van der Waals surface area contributed by atoms with Crippen LogP contribution in [0.15, 0.2) is 24.3 Å². The van der Waals surface area contributed by atoms with Crippen molar-refractivity contribution in [1.29, 1.82) is 0 Å². The minimum atomic E-state index is -0.493. The van der Waals surface area contributed by atoms with Crippen LogP contribution in [0.4, 0.5) is 5.69 Å². The van der Waals surface area contributed by atoms with Crippen molar-refractivity contribution in [1.82, 2.24) is 10.6 Å². The Morgan fingerprint density at radius 3 is 2.75 bits per heavy atom. The summed E-state index contributed by atoms with van der Waals surface area (Å²) in [5.41, 5.74) is 0.349. The zero-order valence-corrected chi connectivity index (χ0v) is 11.3. The van der Waals surface area contributed by atoms with Crippen LogP contribution in [-0.2, 0) is 11.2 Å². The second-order valence-corrected chi connectivity index (χ2v) is 4.47. The molecule has 0 aromatic heterocycles. The molecular formula is C13H19N3O4. The lowest BCUT2D eigenvalue weighted by molar-refractivity contribution is -0.385. The number of para-hydroxylation sites is 1. The van der Waals surface area contributed by atoms with Crippen molar-refractivity contribution in [3.05, 3.63) is 39.9 Å². The normalized spacial score (nSPS) is 11.9. The Labute approximate surface area is 117 Å². The van der Waals surface area contributed by atoms with E-state index in [1.807, 2.05) is 0 Å². The van der Waals surface area contributed by atoms with E-state index in [-0.39, 0.29) is 18.0 Å². The maximum atomic E-state index is 11.7. The van der Waals surface area contributed by atoms with Gasteiger partial charge in [0.05, 0.1) is 17.4 Å². The molecule has 1 aromatic rings. The van der Waals surface area contributed by atoms with Gasteiger partial charge in [-0.25, -0.2) is 0 Å². The van der Waals surface area contributed by atoms with Gasteiger partial charge in [0, 0.05) is 31.3 Å². The lowest BCUT2D eigenvalue weighted by atomic mass is 10.1. The number of amides is 1. The molecule has 0 aliphatic carbocycles. The van der Waals surface area contributed by atoms with Crippen molar-refractivity contribution in [2.24, 2.45) is 0 Å². The molecule has 0 fully saturated rings. The summed E-state index contributed by atoms with van der Waals surface area (Å²) >= 11 is 0. The monoisotopic (exact) mass is 281 g/mol. The molecule has 1 unspecified atom stereocenters. The van der Waals surface area contributed by atoms with E-state index in [2.05, 4.69) is 10.6 Å². The fraction of sp³-hybridized carbons (Fsp3) is 0.462. The number of rotatable bonds is 8. The van der Waals surface area contributed by atoms with Crippen molar-refractivity contribution >= 4 is 11.6 Å². The third-order valence-electron chi connectivity index (χ3n) is 2.60. The first kappa shape index (κ1) is 16.1. The summed E-state index contributed by atoms with van der Waals surface area (Å²) in [6.07, 6.45) is -0.453. The summed E-state index contributed by atoms with van der Waals surface area (Å²) in [4.78, 5) is 22.0. The first-order chi connectivity index (χ1) is 9.50. The first-order valence-electron chi connectivity index (χ1n) is 6.38. The van der Waals surface area contributed by atoms with E-state index in [4.69, 9.17) is 5.11 Å². The lowest BCUT2D eigenvalue weighted by Gasteiger charge is -2.08. The Balaban J connectivity index is 2.37. The first-order valence-corrected chi connectivity index (χ1v) is 6.38. The van der Waals surface area contributed by atoms with Gasteiger partial charge in [-0.3, -0.25) is 14.9 Å². The van der Waals surface area contributed by atoms with Crippen molar-refractivity contribution in [2.75, 3.05) is 19.6 Å². The van der Waals surface area contributed by atoms with Crippen molar-refractivity contribution < 1.29 is 14.8 Å². The van der Waals surface area contributed by atoms with Crippen LogP contribution in [-0.4, -0.2) is 41.7 Å². The minimum absolute atomic E-state index is 0.0203. The number of nitrogens with zero attached hydrogens (tertiary/aromatic N) is 1. The summed E-state index contributed by atoms with van der Waals surface area (Å²) in [7, 11) is 0. The third-order valence-corrected chi connectivity index (χ3v) is 2.60. The molecular weight excluding hydrogens is 262 g/mol. The van der Waals surface area contributed by atoms with Crippen LogP contribution in [0.25, 0.3) is 0 Å². The SMILES string of the molecule is CC(O)CNCCNC(=O)Cc1ccccc1[N+](=O)[O-]. The largest absolute Gasteiger partial charge is 0.392 e. The highest BCUT2D eigenvalue weighted by Crippen LogP contribution is 2.17. The number of nitro groups is 1. The number of nitro benzene ring substituents is 1. The van der Waals surface area contributed by atoms with E-state index in [1.165, 1.54) is 6.07 Å². The Kier molecular flexibility index (Phi) is 6.61. The number of aliphatic hydroxyl groups excluding tert-OH is 1. The number of nitrogens with one attached hydrogen (secondary N) is 2. The lowest BCUT2D eigenvalue weighted by Crippen LogP contribution is -2.35. The predicted molar refractivity (Wildman–Crippen MR) is 74.4 cm³/mol. The van der Waals surface area contributed by atoms with E-state index in [1.54, 1.807) is 25.1 Å². The maximum absolute atomic E-state index is 11.7. The second-order valence-electron chi connectivity index (χ2n) is 4.47. The van der Waals surface area contributed by atoms with Gasteiger partial charge in [0.2, 0.25) is 5.91 Å². The highest BCUT2D eigenvalue weighted by Gasteiger charge is 2.14. The third kappa shape index (κ3) is 5.77. The Bertz CT molecular complexity index is 463. The fourth-order valence-electron chi connectivity index (χ4n) is 1.68. The Hall–Kier alpha value is -1.99. The maximum Gasteiger partial charge on any atom is 0.273 e. The van der Waals surface area contributed by atoms with Crippen LogP contribution in [0.1, 0.15) is 12.5 Å². The molecule has 0 radical (unpaired) electrons. The van der Waals surface area contributed by atoms with Gasteiger partial charge in [-0.2, -0.15) is 0 Å². The molecule has 1 amide bonds. The van der Waals surface area contributed by atoms with Gasteiger partial charge in [-0.1, -0.05) is 18.2 Å². The number of carbonyl (C=O) groups excluding carboxylic acids is 1. The molecule has 0 spiro atoms. The molecule has 0 bridgehead atoms. The van der Waals surface area contributed by atoms with Gasteiger partial charge in [0.15, 0.2) is 0 Å². The average Bonchev–Trinajstić information content (AvgIpc) is 2.38. The molecule has 7 nitrogen and oxygen atoms in total. The van der Waals surface area contributed by atoms with Crippen molar-refractivity contribution in [3.8, 4) is 0 Å². The highest BCUT2D eigenvalue weighted by molar-refractivity contribution is 5.79. The van der Waals surface area contributed by atoms with E-state index >= 15 is 0 Å². The number of aliphatic hydroxyl groups is 1. The molecule has 1 atom stereocenters. The standard InChI is InChI=1S/C13H19N3O4/c1-10(17)9-14-6-7-15-13(18)8-11-4-2-3-5-12(11)16(19)20/h2-5,10,14,17H,6-9H2,1H3,(H,15,18). The minimum Gasteiger partial charge on any atom is -0.392 e. The molecule has 3 N–H and O–H groups in total.